The summed E-state index contributed by atoms with van der Waals surface area (Å²) in [7, 11) is 0. The van der Waals surface area contributed by atoms with Crippen molar-refractivity contribution in [3.63, 3.8) is 0 Å². The van der Waals surface area contributed by atoms with Gasteiger partial charge in [0.2, 0.25) is 0 Å². The Morgan fingerprint density at radius 2 is 2.18 bits per heavy atom. The molecule has 1 heterocycles. The molecule has 1 atom stereocenters. The van der Waals surface area contributed by atoms with E-state index in [0.29, 0.717) is 0 Å². The third kappa shape index (κ3) is 1.21. The summed E-state index contributed by atoms with van der Waals surface area (Å²) in [4.78, 5) is 10.4. The van der Waals surface area contributed by atoms with Crippen LogP contribution in [0.1, 0.15) is 13.8 Å². The summed E-state index contributed by atoms with van der Waals surface area (Å²) in [6.07, 6.45) is 0. The summed E-state index contributed by atoms with van der Waals surface area (Å²) in [6, 6.07) is 0. The number of hydrogen-bond donors (Lipinski definition) is 0. The number of halogens is 2. The molecule has 2 nitrogen and oxygen atoms in total. The fourth-order valence-electron chi connectivity index (χ4n) is 1.13. The zero-order valence-electron chi connectivity index (χ0n) is 6.43. The Kier molecular flexibility index (Phi) is 1.86. The lowest BCUT2D eigenvalue weighted by atomic mass is 9.92. The van der Waals surface area contributed by atoms with Gasteiger partial charge in [0.25, 0.3) is 0 Å². The standard InChI is InChI=1S/C7H10F2O2/c1-4(2)5-3-11-6(10)7(5,8)9/h4-5H,3H2,1-2H3. The van der Waals surface area contributed by atoms with Gasteiger partial charge in [-0.05, 0) is 5.92 Å². The van der Waals surface area contributed by atoms with Crippen LogP contribution in [-0.4, -0.2) is 18.5 Å². The highest BCUT2D eigenvalue weighted by Gasteiger charge is 2.55. The molecule has 0 bridgehead atoms. The van der Waals surface area contributed by atoms with E-state index in [1.54, 1.807) is 13.8 Å². The van der Waals surface area contributed by atoms with Gasteiger partial charge in [0.05, 0.1) is 5.92 Å². The van der Waals surface area contributed by atoms with E-state index in [-0.39, 0.29) is 12.5 Å². The Labute approximate surface area is 63.5 Å². The number of cyclic esters (lactones) is 1. The first-order chi connectivity index (χ1) is 4.96. The van der Waals surface area contributed by atoms with Crippen LogP contribution in [0.5, 0.6) is 0 Å². The lowest BCUT2D eigenvalue weighted by molar-refractivity contribution is -0.160. The van der Waals surface area contributed by atoms with Crippen LogP contribution in [0.4, 0.5) is 8.78 Å². The maximum absolute atomic E-state index is 12.8. The summed E-state index contributed by atoms with van der Waals surface area (Å²) < 4.78 is 29.8. The number of esters is 1. The van der Waals surface area contributed by atoms with Gasteiger partial charge < -0.3 is 4.74 Å². The fraction of sp³-hybridized carbons (Fsp3) is 0.857. The van der Waals surface area contributed by atoms with Crippen molar-refractivity contribution in [3.8, 4) is 0 Å². The monoisotopic (exact) mass is 164 g/mol. The minimum absolute atomic E-state index is 0.149. The molecule has 1 unspecified atom stereocenters. The molecule has 1 fully saturated rings. The van der Waals surface area contributed by atoms with Crippen molar-refractivity contribution < 1.29 is 18.3 Å². The molecule has 0 N–H and O–H groups in total. The smallest absolute Gasteiger partial charge is 0.377 e. The van der Waals surface area contributed by atoms with Gasteiger partial charge in [0.15, 0.2) is 0 Å². The number of hydrogen-bond acceptors (Lipinski definition) is 2. The van der Waals surface area contributed by atoms with Crippen LogP contribution < -0.4 is 0 Å². The largest absolute Gasteiger partial charge is 0.461 e. The van der Waals surface area contributed by atoms with Gasteiger partial charge in [0, 0.05) is 0 Å². The highest BCUT2D eigenvalue weighted by Crippen LogP contribution is 2.36. The molecular formula is C7H10F2O2. The molecule has 0 amide bonds. The average molecular weight is 164 g/mol. The summed E-state index contributed by atoms with van der Waals surface area (Å²) in [5.41, 5.74) is 0. The zero-order valence-corrected chi connectivity index (χ0v) is 6.43. The van der Waals surface area contributed by atoms with Crippen LogP contribution in [0.15, 0.2) is 0 Å². The molecule has 1 saturated heterocycles. The maximum Gasteiger partial charge on any atom is 0.377 e. The SMILES string of the molecule is CC(C)C1COC(=O)C1(F)F. The van der Waals surface area contributed by atoms with Crippen molar-refractivity contribution in [1.82, 2.24) is 0 Å². The van der Waals surface area contributed by atoms with E-state index in [2.05, 4.69) is 4.74 Å². The van der Waals surface area contributed by atoms with Crippen LogP contribution >= 0.6 is 0 Å². The van der Waals surface area contributed by atoms with E-state index in [1.807, 2.05) is 0 Å². The van der Waals surface area contributed by atoms with Crippen molar-refractivity contribution in [2.75, 3.05) is 6.61 Å². The molecule has 0 aromatic rings. The van der Waals surface area contributed by atoms with Crippen molar-refractivity contribution in [1.29, 1.82) is 0 Å². The Hall–Kier alpha value is -0.670. The Bertz CT molecular complexity index is 177. The fourth-order valence-corrected chi connectivity index (χ4v) is 1.13. The first kappa shape index (κ1) is 8.43. The van der Waals surface area contributed by atoms with Gasteiger partial charge in [-0.2, -0.15) is 8.78 Å². The third-order valence-corrected chi connectivity index (χ3v) is 1.94. The van der Waals surface area contributed by atoms with Gasteiger partial charge >= 0.3 is 11.9 Å². The molecule has 0 spiro atoms. The molecular weight excluding hydrogens is 154 g/mol. The lowest BCUT2D eigenvalue weighted by Crippen LogP contribution is -2.33. The highest BCUT2D eigenvalue weighted by molar-refractivity contribution is 5.79. The number of ether oxygens (including phenoxy) is 1. The topological polar surface area (TPSA) is 26.3 Å². The molecule has 1 aliphatic heterocycles. The molecule has 1 rings (SSSR count). The Balaban J connectivity index is 2.78. The van der Waals surface area contributed by atoms with Gasteiger partial charge in [-0.3, -0.25) is 0 Å². The van der Waals surface area contributed by atoms with Crippen LogP contribution in [-0.2, 0) is 9.53 Å². The maximum atomic E-state index is 12.8. The van der Waals surface area contributed by atoms with E-state index in [9.17, 15) is 13.6 Å². The molecule has 0 aromatic carbocycles. The van der Waals surface area contributed by atoms with Gasteiger partial charge in [0.1, 0.15) is 6.61 Å². The van der Waals surface area contributed by atoms with E-state index in [4.69, 9.17) is 0 Å². The van der Waals surface area contributed by atoms with Crippen molar-refractivity contribution in [3.05, 3.63) is 0 Å². The van der Waals surface area contributed by atoms with Crippen LogP contribution in [0.2, 0.25) is 0 Å². The molecule has 1 aliphatic rings. The van der Waals surface area contributed by atoms with Crippen molar-refractivity contribution in [2.45, 2.75) is 19.8 Å². The average Bonchev–Trinajstić information content (AvgIpc) is 2.08. The highest BCUT2D eigenvalue weighted by atomic mass is 19.3. The summed E-state index contributed by atoms with van der Waals surface area (Å²) >= 11 is 0. The van der Waals surface area contributed by atoms with E-state index in [1.165, 1.54) is 0 Å². The molecule has 11 heavy (non-hydrogen) atoms. The van der Waals surface area contributed by atoms with Crippen molar-refractivity contribution >= 4 is 5.97 Å². The quantitative estimate of drug-likeness (QED) is 0.548. The second kappa shape index (κ2) is 2.43. The van der Waals surface area contributed by atoms with Gasteiger partial charge in [-0.15, -0.1) is 0 Å². The Morgan fingerprint density at radius 1 is 1.64 bits per heavy atom. The molecule has 0 aliphatic carbocycles. The first-order valence-corrected chi connectivity index (χ1v) is 3.51. The predicted octanol–water partition coefficient (Wildman–Crippen LogP) is 1.45. The Morgan fingerprint density at radius 3 is 2.36 bits per heavy atom. The number of alkyl halides is 2. The van der Waals surface area contributed by atoms with Crippen LogP contribution in [0, 0.1) is 11.8 Å². The molecule has 4 heteroatoms. The van der Waals surface area contributed by atoms with E-state index < -0.39 is 17.8 Å². The normalized spacial score (nSPS) is 29.2. The second-order valence-corrected chi connectivity index (χ2v) is 3.07. The minimum atomic E-state index is -3.27. The van der Waals surface area contributed by atoms with Gasteiger partial charge in [-0.25, -0.2) is 4.79 Å². The number of carbonyl (C=O) groups excluding carboxylic acids is 1. The van der Waals surface area contributed by atoms with Crippen LogP contribution in [0.25, 0.3) is 0 Å². The predicted molar refractivity (Wildman–Crippen MR) is 34.2 cm³/mol. The number of rotatable bonds is 1. The van der Waals surface area contributed by atoms with E-state index >= 15 is 0 Å². The molecule has 0 aromatic heterocycles. The summed E-state index contributed by atoms with van der Waals surface area (Å²) in [5.74, 6) is -5.82. The number of carbonyl (C=O) groups is 1. The third-order valence-electron chi connectivity index (χ3n) is 1.94. The molecule has 0 saturated carbocycles. The second-order valence-electron chi connectivity index (χ2n) is 3.07. The van der Waals surface area contributed by atoms with Crippen molar-refractivity contribution in [2.24, 2.45) is 11.8 Å². The van der Waals surface area contributed by atoms with E-state index in [0.717, 1.165) is 0 Å². The lowest BCUT2D eigenvalue weighted by Gasteiger charge is -2.16. The zero-order chi connectivity index (χ0) is 8.65. The van der Waals surface area contributed by atoms with Gasteiger partial charge in [-0.1, -0.05) is 13.8 Å². The first-order valence-electron chi connectivity index (χ1n) is 3.51. The summed E-state index contributed by atoms with van der Waals surface area (Å²) in [6.45, 7) is 3.16. The van der Waals surface area contributed by atoms with Crippen LogP contribution in [0.3, 0.4) is 0 Å². The summed E-state index contributed by atoms with van der Waals surface area (Å²) in [5, 5.41) is 0. The minimum Gasteiger partial charge on any atom is -0.461 e. The molecule has 0 radical (unpaired) electrons. The molecule has 64 valence electrons.